The van der Waals surface area contributed by atoms with Gasteiger partial charge in [0.15, 0.2) is 5.78 Å². The van der Waals surface area contributed by atoms with Crippen LogP contribution in [0.5, 0.6) is 0 Å². The van der Waals surface area contributed by atoms with Gasteiger partial charge in [-0.05, 0) is 56.8 Å². The van der Waals surface area contributed by atoms with Crippen LogP contribution < -0.4 is 11.1 Å². The molecule has 0 spiro atoms. The third kappa shape index (κ3) is 3.07. The van der Waals surface area contributed by atoms with Crippen LogP contribution >= 0.6 is 0 Å². The average molecular weight is 247 g/mol. The van der Waals surface area contributed by atoms with Crippen LogP contribution in [-0.4, -0.2) is 23.9 Å². The van der Waals surface area contributed by atoms with E-state index in [1.165, 1.54) is 12.8 Å². The van der Waals surface area contributed by atoms with Gasteiger partial charge >= 0.3 is 0 Å². The molecule has 1 aromatic rings. The molecule has 1 atom stereocenters. The van der Waals surface area contributed by atoms with Gasteiger partial charge in [0, 0.05) is 12.6 Å². The number of Topliss-reactive ketones (excluding diaryl/α,β-unsaturated/α-hetero) is 1. The van der Waals surface area contributed by atoms with Gasteiger partial charge in [0.25, 0.3) is 0 Å². The largest absolute Gasteiger partial charge is 0.383 e. The first-order valence-corrected chi connectivity index (χ1v) is 6.63. The van der Waals surface area contributed by atoms with E-state index in [2.05, 4.69) is 10.3 Å². The monoisotopic (exact) mass is 247 g/mol. The molecule has 0 bridgehead atoms. The maximum absolute atomic E-state index is 12.2. The zero-order chi connectivity index (χ0) is 13.0. The van der Waals surface area contributed by atoms with Gasteiger partial charge < -0.3 is 11.1 Å². The predicted octanol–water partition coefficient (Wildman–Crippen LogP) is 1.93. The van der Waals surface area contributed by atoms with E-state index in [1.54, 1.807) is 6.20 Å². The molecule has 4 heteroatoms. The van der Waals surface area contributed by atoms with Crippen LogP contribution in [0, 0.1) is 12.8 Å². The summed E-state index contributed by atoms with van der Waals surface area (Å²) in [5.41, 5.74) is 7.32. The second kappa shape index (κ2) is 5.96. The van der Waals surface area contributed by atoms with Crippen LogP contribution in [0.2, 0.25) is 0 Å². The number of ketones is 1. The standard InChI is InChI=1S/C14H21N3O/c1-10-6-8-17-14(15)13(10)12(18)5-4-11-3-2-7-16-9-11/h6,8,11,16H,2-5,7,9H2,1H3,(H2,15,17). The lowest BCUT2D eigenvalue weighted by atomic mass is 9.92. The fourth-order valence-corrected chi connectivity index (χ4v) is 2.57. The number of aromatic nitrogens is 1. The molecule has 0 amide bonds. The van der Waals surface area contributed by atoms with Crippen LogP contribution in [0.1, 0.15) is 41.6 Å². The molecule has 1 fully saturated rings. The number of nitrogens with one attached hydrogen (secondary N) is 1. The number of aryl methyl sites for hydroxylation is 1. The van der Waals surface area contributed by atoms with E-state index in [0.29, 0.717) is 23.7 Å². The Morgan fingerprint density at radius 1 is 1.61 bits per heavy atom. The lowest BCUT2D eigenvalue weighted by molar-refractivity contribution is 0.0971. The molecule has 1 aliphatic heterocycles. The highest BCUT2D eigenvalue weighted by Crippen LogP contribution is 2.21. The molecule has 0 aromatic carbocycles. The van der Waals surface area contributed by atoms with Gasteiger partial charge in [-0.1, -0.05) is 0 Å². The Hall–Kier alpha value is -1.42. The van der Waals surface area contributed by atoms with Crippen LogP contribution in [0.25, 0.3) is 0 Å². The Morgan fingerprint density at radius 3 is 3.11 bits per heavy atom. The van der Waals surface area contributed by atoms with Gasteiger partial charge in [-0.3, -0.25) is 4.79 Å². The number of hydrogen-bond acceptors (Lipinski definition) is 4. The second-order valence-corrected chi connectivity index (χ2v) is 5.06. The molecule has 18 heavy (non-hydrogen) atoms. The summed E-state index contributed by atoms with van der Waals surface area (Å²) in [5.74, 6) is 1.12. The van der Waals surface area contributed by atoms with E-state index in [4.69, 9.17) is 5.73 Å². The van der Waals surface area contributed by atoms with Crippen molar-refractivity contribution in [2.24, 2.45) is 5.92 Å². The van der Waals surface area contributed by atoms with Gasteiger partial charge in [0.2, 0.25) is 0 Å². The fourth-order valence-electron chi connectivity index (χ4n) is 2.57. The third-order valence-corrected chi connectivity index (χ3v) is 3.65. The van der Waals surface area contributed by atoms with E-state index in [1.807, 2.05) is 13.0 Å². The minimum Gasteiger partial charge on any atom is -0.383 e. The highest BCUT2D eigenvalue weighted by atomic mass is 16.1. The molecule has 4 nitrogen and oxygen atoms in total. The molecular weight excluding hydrogens is 226 g/mol. The van der Waals surface area contributed by atoms with Crippen molar-refractivity contribution in [3.8, 4) is 0 Å². The molecule has 1 aliphatic rings. The quantitative estimate of drug-likeness (QED) is 0.798. The lowest BCUT2D eigenvalue weighted by Crippen LogP contribution is -2.30. The summed E-state index contributed by atoms with van der Waals surface area (Å²) in [6.45, 7) is 4.06. The molecule has 0 radical (unpaired) electrons. The molecule has 1 saturated heterocycles. The Bertz CT molecular complexity index is 405. The van der Waals surface area contributed by atoms with Crippen molar-refractivity contribution in [1.82, 2.24) is 10.3 Å². The van der Waals surface area contributed by atoms with Crippen molar-refractivity contribution < 1.29 is 4.79 Å². The van der Waals surface area contributed by atoms with Crippen molar-refractivity contribution in [3.63, 3.8) is 0 Å². The van der Waals surface area contributed by atoms with Gasteiger partial charge in [-0.25, -0.2) is 4.98 Å². The molecule has 1 unspecified atom stereocenters. The molecule has 98 valence electrons. The van der Waals surface area contributed by atoms with Crippen LogP contribution in [0.4, 0.5) is 5.82 Å². The Balaban J connectivity index is 1.95. The first kappa shape index (κ1) is 13.0. The third-order valence-electron chi connectivity index (χ3n) is 3.65. The summed E-state index contributed by atoms with van der Waals surface area (Å²) in [6.07, 6.45) is 5.60. The second-order valence-electron chi connectivity index (χ2n) is 5.06. The summed E-state index contributed by atoms with van der Waals surface area (Å²) in [6, 6.07) is 1.84. The lowest BCUT2D eigenvalue weighted by Gasteiger charge is -2.22. The maximum atomic E-state index is 12.2. The van der Waals surface area contributed by atoms with Crippen LogP contribution in [0.3, 0.4) is 0 Å². The smallest absolute Gasteiger partial charge is 0.166 e. The normalized spacial score (nSPS) is 19.7. The van der Waals surface area contributed by atoms with E-state index in [0.717, 1.165) is 25.1 Å². The number of piperidine rings is 1. The first-order chi connectivity index (χ1) is 8.68. The number of nitrogen functional groups attached to an aromatic ring is 1. The summed E-state index contributed by atoms with van der Waals surface area (Å²) in [7, 11) is 0. The number of nitrogens with two attached hydrogens (primary N) is 1. The Labute approximate surface area is 108 Å². The van der Waals surface area contributed by atoms with E-state index >= 15 is 0 Å². The molecule has 2 rings (SSSR count). The number of anilines is 1. The molecule has 3 N–H and O–H groups in total. The summed E-state index contributed by atoms with van der Waals surface area (Å²) < 4.78 is 0. The fraction of sp³-hybridized carbons (Fsp3) is 0.571. The molecule has 1 aromatic heterocycles. The van der Waals surface area contributed by atoms with Crippen molar-refractivity contribution in [2.45, 2.75) is 32.6 Å². The molecule has 0 saturated carbocycles. The van der Waals surface area contributed by atoms with E-state index in [-0.39, 0.29) is 5.78 Å². The topological polar surface area (TPSA) is 68.0 Å². The predicted molar refractivity (Wildman–Crippen MR) is 72.5 cm³/mol. The minimum atomic E-state index is 0.128. The highest BCUT2D eigenvalue weighted by Gasteiger charge is 2.17. The minimum absolute atomic E-state index is 0.128. The van der Waals surface area contributed by atoms with Gasteiger partial charge in [0.1, 0.15) is 5.82 Å². The maximum Gasteiger partial charge on any atom is 0.166 e. The van der Waals surface area contributed by atoms with Crippen molar-refractivity contribution in [2.75, 3.05) is 18.8 Å². The molecular formula is C14H21N3O. The van der Waals surface area contributed by atoms with Gasteiger partial charge in [-0.2, -0.15) is 0 Å². The number of rotatable bonds is 4. The molecule has 2 heterocycles. The number of carbonyl (C=O) groups is 1. The van der Waals surface area contributed by atoms with Crippen molar-refractivity contribution in [1.29, 1.82) is 0 Å². The number of carbonyl (C=O) groups excluding carboxylic acids is 1. The van der Waals surface area contributed by atoms with Gasteiger partial charge in [0.05, 0.1) is 5.56 Å². The zero-order valence-corrected chi connectivity index (χ0v) is 10.9. The van der Waals surface area contributed by atoms with Crippen LogP contribution in [-0.2, 0) is 0 Å². The zero-order valence-electron chi connectivity index (χ0n) is 10.9. The number of hydrogen-bond donors (Lipinski definition) is 2. The number of nitrogens with zero attached hydrogens (tertiary/aromatic N) is 1. The molecule has 0 aliphatic carbocycles. The summed E-state index contributed by atoms with van der Waals surface area (Å²) in [4.78, 5) is 16.2. The van der Waals surface area contributed by atoms with Gasteiger partial charge in [-0.15, -0.1) is 0 Å². The SMILES string of the molecule is Cc1ccnc(N)c1C(=O)CCC1CCCNC1. The van der Waals surface area contributed by atoms with Crippen molar-refractivity contribution >= 4 is 11.6 Å². The van der Waals surface area contributed by atoms with Crippen molar-refractivity contribution in [3.05, 3.63) is 23.4 Å². The number of pyridine rings is 1. The van der Waals surface area contributed by atoms with E-state index < -0.39 is 0 Å². The Morgan fingerprint density at radius 2 is 2.44 bits per heavy atom. The van der Waals surface area contributed by atoms with E-state index in [9.17, 15) is 4.79 Å². The van der Waals surface area contributed by atoms with Crippen LogP contribution in [0.15, 0.2) is 12.3 Å². The summed E-state index contributed by atoms with van der Waals surface area (Å²) in [5, 5.41) is 3.37. The Kier molecular flexibility index (Phi) is 4.31. The highest BCUT2D eigenvalue weighted by molar-refractivity contribution is 6.01. The summed E-state index contributed by atoms with van der Waals surface area (Å²) >= 11 is 0. The average Bonchev–Trinajstić information content (AvgIpc) is 2.37. The first-order valence-electron chi connectivity index (χ1n) is 6.63.